The molecular weight excluding hydrogens is 404 g/mol. The Hall–Kier alpha value is -1.05. The monoisotopic (exact) mass is 452 g/mol. The van der Waals surface area contributed by atoms with E-state index in [1.807, 2.05) is 5.57 Å². The third-order valence-electron chi connectivity index (χ3n) is 12.3. The molecule has 0 aromatic heterocycles. The molecule has 5 aliphatic rings. The Bertz CT molecular complexity index is 921. The van der Waals surface area contributed by atoms with Gasteiger partial charge in [-0.05, 0) is 104 Å². The number of hydrogen-bond acceptors (Lipinski definition) is 2. The molecule has 0 aliphatic heterocycles. The van der Waals surface area contributed by atoms with Gasteiger partial charge in [0.25, 0.3) is 0 Å². The number of rotatable bonds is 2. The minimum atomic E-state index is -0.291. The van der Waals surface area contributed by atoms with Gasteiger partial charge in [-0.25, -0.2) is 0 Å². The predicted octanol–water partition coefficient (Wildman–Crippen LogP) is 8.27. The highest BCUT2D eigenvalue weighted by atomic mass is 16.5. The van der Waals surface area contributed by atoms with Crippen LogP contribution in [0, 0.1) is 44.8 Å². The molecule has 5 aliphatic carbocycles. The van der Waals surface area contributed by atoms with Gasteiger partial charge in [0.05, 0.1) is 12.5 Å². The lowest BCUT2D eigenvalue weighted by Crippen LogP contribution is -2.61. The Kier molecular flexibility index (Phi) is 5.19. The maximum atomic E-state index is 13.3. The second-order valence-corrected chi connectivity index (χ2v) is 14.3. The third kappa shape index (κ3) is 2.94. The fourth-order valence-corrected chi connectivity index (χ4v) is 10.0. The highest BCUT2D eigenvalue weighted by Gasteiger charge is 2.67. The van der Waals surface area contributed by atoms with Crippen LogP contribution in [0.1, 0.15) is 113 Å². The molecule has 0 radical (unpaired) electrons. The van der Waals surface area contributed by atoms with E-state index in [0.717, 1.165) is 38.0 Å². The lowest BCUT2D eigenvalue weighted by molar-refractivity contribution is -0.170. The van der Waals surface area contributed by atoms with Gasteiger partial charge in [0.2, 0.25) is 0 Å². The highest BCUT2D eigenvalue weighted by molar-refractivity contribution is 5.78. The Balaban J connectivity index is 1.61. The lowest BCUT2D eigenvalue weighted by atomic mass is 9.36. The minimum Gasteiger partial charge on any atom is -0.469 e. The molecule has 33 heavy (non-hydrogen) atoms. The van der Waals surface area contributed by atoms with E-state index in [9.17, 15) is 4.79 Å². The average Bonchev–Trinajstić information content (AvgIpc) is 3.10. The van der Waals surface area contributed by atoms with E-state index in [0.29, 0.717) is 28.1 Å². The summed E-state index contributed by atoms with van der Waals surface area (Å²) in [5.74, 6) is 1.83. The largest absolute Gasteiger partial charge is 0.469 e. The number of carbonyl (C=O) groups excluding carboxylic acids is 1. The van der Waals surface area contributed by atoms with Gasteiger partial charge in [0.1, 0.15) is 0 Å². The number of fused-ring (bicyclic) bond motifs is 7. The number of hydrogen-bond donors (Lipinski definition) is 0. The summed E-state index contributed by atoms with van der Waals surface area (Å²) in [6.07, 6.45) is 14.5. The zero-order chi connectivity index (χ0) is 24.0. The SMILES string of the molecule is COC(=O)[C@]12CCC(C)(C)C[C@H]1C1=CC[C@H]3[C@@]4(C)CCC(C(C)C)=C4CC[C@@]3(C)[C@]1(C)CC2. The molecule has 0 bridgehead atoms. The van der Waals surface area contributed by atoms with Crippen molar-refractivity contribution in [3.05, 3.63) is 22.8 Å². The molecule has 0 N–H and O–H groups in total. The normalized spacial score (nSPS) is 46.2. The molecule has 6 atom stereocenters. The number of esters is 1. The van der Waals surface area contributed by atoms with Crippen molar-refractivity contribution in [3.8, 4) is 0 Å². The first-order valence-corrected chi connectivity index (χ1v) is 13.9. The molecular formula is C31H48O2. The van der Waals surface area contributed by atoms with Gasteiger partial charge < -0.3 is 4.74 Å². The summed E-state index contributed by atoms with van der Waals surface area (Å²) in [4.78, 5) is 13.3. The second-order valence-electron chi connectivity index (χ2n) is 14.3. The van der Waals surface area contributed by atoms with Crippen LogP contribution in [0.2, 0.25) is 0 Å². The summed E-state index contributed by atoms with van der Waals surface area (Å²) >= 11 is 0. The maximum absolute atomic E-state index is 13.3. The van der Waals surface area contributed by atoms with Crippen molar-refractivity contribution in [2.75, 3.05) is 7.11 Å². The molecule has 0 aromatic rings. The molecule has 0 spiro atoms. The van der Waals surface area contributed by atoms with E-state index in [4.69, 9.17) is 4.74 Å². The number of ether oxygens (including phenoxy) is 1. The summed E-state index contributed by atoms with van der Waals surface area (Å²) in [6, 6.07) is 0. The van der Waals surface area contributed by atoms with Crippen molar-refractivity contribution < 1.29 is 9.53 Å². The Morgan fingerprint density at radius 1 is 0.970 bits per heavy atom. The van der Waals surface area contributed by atoms with E-state index in [1.54, 1.807) is 18.3 Å². The molecule has 0 unspecified atom stereocenters. The van der Waals surface area contributed by atoms with Crippen molar-refractivity contribution in [2.45, 2.75) is 113 Å². The van der Waals surface area contributed by atoms with Crippen LogP contribution in [0.3, 0.4) is 0 Å². The molecule has 0 amide bonds. The van der Waals surface area contributed by atoms with E-state index >= 15 is 0 Å². The number of allylic oxidation sites excluding steroid dienone is 4. The zero-order valence-electron chi connectivity index (χ0n) is 22.7. The third-order valence-corrected chi connectivity index (χ3v) is 12.3. The van der Waals surface area contributed by atoms with Crippen molar-refractivity contribution in [1.29, 1.82) is 0 Å². The quantitative estimate of drug-likeness (QED) is 0.311. The van der Waals surface area contributed by atoms with Crippen LogP contribution in [-0.2, 0) is 9.53 Å². The molecule has 0 saturated heterocycles. The molecule has 184 valence electrons. The van der Waals surface area contributed by atoms with E-state index < -0.39 is 0 Å². The van der Waals surface area contributed by atoms with E-state index in [-0.39, 0.29) is 16.8 Å². The van der Waals surface area contributed by atoms with Gasteiger partial charge in [0.15, 0.2) is 0 Å². The second kappa shape index (κ2) is 7.23. The summed E-state index contributed by atoms with van der Waals surface area (Å²) in [6.45, 7) is 17.5. The summed E-state index contributed by atoms with van der Waals surface area (Å²) < 4.78 is 5.50. The summed E-state index contributed by atoms with van der Waals surface area (Å²) in [5.41, 5.74) is 6.13. The first kappa shape index (κ1) is 23.7. The van der Waals surface area contributed by atoms with Crippen LogP contribution >= 0.6 is 0 Å². The predicted molar refractivity (Wildman–Crippen MR) is 136 cm³/mol. The maximum Gasteiger partial charge on any atom is 0.312 e. The Labute approximate surface area is 203 Å². The molecule has 2 heteroatoms. The molecule has 3 saturated carbocycles. The summed E-state index contributed by atoms with van der Waals surface area (Å²) in [5, 5.41) is 0. The van der Waals surface area contributed by atoms with Crippen molar-refractivity contribution in [2.24, 2.45) is 44.8 Å². The number of methoxy groups -OCH3 is 1. The molecule has 2 nitrogen and oxygen atoms in total. The Morgan fingerprint density at radius 2 is 1.67 bits per heavy atom. The van der Waals surface area contributed by atoms with Crippen LogP contribution in [0.5, 0.6) is 0 Å². The van der Waals surface area contributed by atoms with Crippen LogP contribution in [0.4, 0.5) is 0 Å². The van der Waals surface area contributed by atoms with Crippen LogP contribution in [0.15, 0.2) is 22.8 Å². The fourth-order valence-electron chi connectivity index (χ4n) is 10.0. The first-order valence-electron chi connectivity index (χ1n) is 13.9. The standard InChI is InChI=1S/C31H48O2/c1-20(2)21-11-13-28(5)22(21)12-14-30(7)25(28)10-9-23-24-19-27(3,4)15-17-31(24,26(32)33-8)18-16-29(23,30)6/h9,20,24-25H,10-19H2,1-8H3/t24-,25-,28-,29+,30+,31-/m0/s1. The van der Waals surface area contributed by atoms with Gasteiger partial charge in [-0.15, -0.1) is 0 Å². The number of carbonyl (C=O) groups is 1. The van der Waals surface area contributed by atoms with Gasteiger partial charge in [-0.1, -0.05) is 71.3 Å². The van der Waals surface area contributed by atoms with E-state index in [2.05, 4.69) is 54.5 Å². The first-order chi connectivity index (χ1) is 15.3. The minimum absolute atomic E-state index is 0.0661. The topological polar surface area (TPSA) is 26.3 Å². The molecule has 0 aromatic carbocycles. The van der Waals surface area contributed by atoms with Gasteiger partial charge in [-0.2, -0.15) is 0 Å². The lowest BCUT2D eigenvalue weighted by Gasteiger charge is -2.67. The van der Waals surface area contributed by atoms with Gasteiger partial charge >= 0.3 is 5.97 Å². The van der Waals surface area contributed by atoms with Crippen LogP contribution < -0.4 is 0 Å². The van der Waals surface area contributed by atoms with Crippen molar-refractivity contribution >= 4 is 5.97 Å². The molecule has 3 fully saturated rings. The Morgan fingerprint density at radius 3 is 2.33 bits per heavy atom. The smallest absolute Gasteiger partial charge is 0.312 e. The summed E-state index contributed by atoms with van der Waals surface area (Å²) in [7, 11) is 1.61. The van der Waals surface area contributed by atoms with Gasteiger partial charge in [-0.3, -0.25) is 4.79 Å². The van der Waals surface area contributed by atoms with Crippen molar-refractivity contribution in [3.63, 3.8) is 0 Å². The fraction of sp³-hybridized carbons (Fsp3) is 0.839. The zero-order valence-corrected chi connectivity index (χ0v) is 22.7. The van der Waals surface area contributed by atoms with Crippen LogP contribution in [-0.4, -0.2) is 13.1 Å². The molecule has 5 rings (SSSR count). The van der Waals surface area contributed by atoms with Gasteiger partial charge in [0, 0.05) is 0 Å². The van der Waals surface area contributed by atoms with E-state index in [1.165, 1.54) is 32.1 Å². The highest BCUT2D eigenvalue weighted by Crippen LogP contribution is 2.75. The van der Waals surface area contributed by atoms with Crippen molar-refractivity contribution in [1.82, 2.24) is 0 Å². The van der Waals surface area contributed by atoms with Crippen LogP contribution in [0.25, 0.3) is 0 Å². The molecule has 0 heterocycles. The average molecular weight is 453 g/mol.